The molecule has 0 radical (unpaired) electrons. The van der Waals surface area contributed by atoms with Gasteiger partial charge in [0.2, 0.25) is 5.95 Å². The zero-order chi connectivity index (χ0) is 11.1. The second kappa shape index (κ2) is 3.29. The van der Waals surface area contributed by atoms with Gasteiger partial charge in [0, 0.05) is 20.1 Å². The van der Waals surface area contributed by atoms with Crippen molar-refractivity contribution in [3.63, 3.8) is 0 Å². The number of nitrogens with two attached hydrogens (primary N) is 1. The number of rotatable bonds is 1. The molecule has 2 N–H and O–H groups in total. The molecule has 0 spiro atoms. The smallest absolute Gasteiger partial charge is 0.224 e. The van der Waals surface area contributed by atoms with Gasteiger partial charge in [-0.25, -0.2) is 4.68 Å². The summed E-state index contributed by atoms with van der Waals surface area (Å²) in [4.78, 5) is 10.6. The third-order valence-corrected chi connectivity index (χ3v) is 2.86. The molecule has 2 aromatic heterocycles. The highest BCUT2D eigenvalue weighted by Crippen LogP contribution is 2.25. The van der Waals surface area contributed by atoms with Crippen LogP contribution in [0.25, 0.3) is 11.2 Å². The Labute approximate surface area is 92.3 Å². The molecule has 0 aromatic carbocycles. The lowest BCUT2D eigenvalue weighted by atomic mass is 10.4. The maximum atomic E-state index is 5.70. The molecule has 0 atom stereocenters. The van der Waals surface area contributed by atoms with Crippen LogP contribution in [-0.4, -0.2) is 38.1 Å². The van der Waals surface area contributed by atoms with Gasteiger partial charge in [0.1, 0.15) is 0 Å². The quantitative estimate of drug-likeness (QED) is 0.723. The summed E-state index contributed by atoms with van der Waals surface area (Å²) >= 11 is 0. The van der Waals surface area contributed by atoms with E-state index in [0.717, 1.165) is 24.4 Å². The summed E-state index contributed by atoms with van der Waals surface area (Å²) in [5, 5.41) is 8.05. The molecule has 3 heterocycles. The van der Waals surface area contributed by atoms with E-state index in [9.17, 15) is 0 Å². The van der Waals surface area contributed by atoms with Crippen molar-refractivity contribution in [1.82, 2.24) is 25.0 Å². The molecule has 1 aliphatic rings. The topological polar surface area (TPSA) is 85.8 Å². The second-order valence-electron chi connectivity index (χ2n) is 3.98. The molecule has 2 aromatic rings. The Morgan fingerprint density at radius 1 is 1.19 bits per heavy atom. The first-order valence-electron chi connectivity index (χ1n) is 5.33. The van der Waals surface area contributed by atoms with E-state index < -0.39 is 0 Å². The molecular formula is C9H13N7. The third kappa shape index (κ3) is 1.28. The molecule has 16 heavy (non-hydrogen) atoms. The first kappa shape index (κ1) is 9.32. The number of fused-ring (bicyclic) bond motifs is 1. The summed E-state index contributed by atoms with van der Waals surface area (Å²) < 4.78 is 1.62. The van der Waals surface area contributed by atoms with Gasteiger partial charge < -0.3 is 10.6 Å². The van der Waals surface area contributed by atoms with Crippen molar-refractivity contribution < 1.29 is 0 Å². The van der Waals surface area contributed by atoms with Crippen molar-refractivity contribution in [2.45, 2.75) is 12.8 Å². The number of anilines is 2. The lowest BCUT2D eigenvalue weighted by molar-refractivity contribution is 0.730. The summed E-state index contributed by atoms with van der Waals surface area (Å²) in [7, 11) is 1.80. The van der Waals surface area contributed by atoms with Crippen LogP contribution in [0, 0.1) is 0 Å². The van der Waals surface area contributed by atoms with Crippen molar-refractivity contribution in [2.75, 3.05) is 23.7 Å². The van der Waals surface area contributed by atoms with Crippen LogP contribution in [0.15, 0.2) is 0 Å². The fourth-order valence-electron chi connectivity index (χ4n) is 2.07. The van der Waals surface area contributed by atoms with Crippen molar-refractivity contribution in [3.05, 3.63) is 0 Å². The van der Waals surface area contributed by atoms with Gasteiger partial charge >= 0.3 is 0 Å². The average molecular weight is 219 g/mol. The number of hydrogen-bond acceptors (Lipinski definition) is 6. The monoisotopic (exact) mass is 219 g/mol. The third-order valence-electron chi connectivity index (χ3n) is 2.86. The normalized spacial score (nSPS) is 16.2. The Morgan fingerprint density at radius 3 is 2.69 bits per heavy atom. The van der Waals surface area contributed by atoms with Gasteiger partial charge in [0.15, 0.2) is 17.0 Å². The zero-order valence-corrected chi connectivity index (χ0v) is 9.09. The molecule has 7 nitrogen and oxygen atoms in total. The zero-order valence-electron chi connectivity index (χ0n) is 9.09. The molecule has 0 bridgehead atoms. The average Bonchev–Trinajstić information content (AvgIpc) is 2.88. The molecule has 0 aliphatic carbocycles. The van der Waals surface area contributed by atoms with E-state index >= 15 is 0 Å². The Hall–Kier alpha value is -1.92. The minimum atomic E-state index is 0.278. The number of nitrogens with zero attached hydrogens (tertiary/aromatic N) is 6. The van der Waals surface area contributed by atoms with Gasteiger partial charge in [0.05, 0.1) is 0 Å². The Bertz CT molecular complexity index is 526. The maximum Gasteiger partial charge on any atom is 0.224 e. The fourth-order valence-corrected chi connectivity index (χ4v) is 2.07. The van der Waals surface area contributed by atoms with Crippen LogP contribution in [0.1, 0.15) is 12.8 Å². The molecular weight excluding hydrogens is 206 g/mol. The molecule has 1 fully saturated rings. The van der Waals surface area contributed by atoms with Gasteiger partial charge in [-0.3, -0.25) is 0 Å². The fraction of sp³-hybridized carbons (Fsp3) is 0.556. The molecule has 0 saturated carbocycles. The van der Waals surface area contributed by atoms with Crippen LogP contribution < -0.4 is 10.6 Å². The van der Waals surface area contributed by atoms with E-state index in [2.05, 4.69) is 25.2 Å². The van der Waals surface area contributed by atoms with E-state index in [-0.39, 0.29) is 5.95 Å². The van der Waals surface area contributed by atoms with Gasteiger partial charge in [-0.05, 0) is 12.8 Å². The van der Waals surface area contributed by atoms with E-state index in [1.165, 1.54) is 12.8 Å². The minimum Gasteiger partial charge on any atom is -0.368 e. The predicted molar refractivity (Wildman–Crippen MR) is 60.0 cm³/mol. The van der Waals surface area contributed by atoms with Gasteiger partial charge in [-0.1, -0.05) is 5.21 Å². The van der Waals surface area contributed by atoms with E-state index in [1.807, 2.05) is 0 Å². The second-order valence-corrected chi connectivity index (χ2v) is 3.98. The first-order chi connectivity index (χ1) is 7.75. The number of aryl methyl sites for hydroxylation is 1. The lowest BCUT2D eigenvalue weighted by Crippen LogP contribution is -2.20. The highest BCUT2D eigenvalue weighted by atomic mass is 15.4. The van der Waals surface area contributed by atoms with E-state index in [4.69, 9.17) is 5.73 Å². The molecule has 1 aliphatic heterocycles. The summed E-state index contributed by atoms with van der Waals surface area (Å²) in [6, 6.07) is 0. The van der Waals surface area contributed by atoms with Crippen molar-refractivity contribution in [3.8, 4) is 0 Å². The first-order valence-corrected chi connectivity index (χ1v) is 5.33. The molecule has 84 valence electrons. The highest BCUT2D eigenvalue weighted by Gasteiger charge is 2.20. The summed E-state index contributed by atoms with van der Waals surface area (Å²) in [6.07, 6.45) is 2.37. The highest BCUT2D eigenvalue weighted by molar-refractivity contribution is 5.84. The summed E-state index contributed by atoms with van der Waals surface area (Å²) in [6.45, 7) is 2.00. The number of hydrogen-bond donors (Lipinski definition) is 1. The largest absolute Gasteiger partial charge is 0.368 e. The maximum absolute atomic E-state index is 5.70. The Kier molecular flexibility index (Phi) is 1.92. The van der Waals surface area contributed by atoms with Crippen LogP contribution in [0.3, 0.4) is 0 Å². The molecule has 0 amide bonds. The molecule has 0 unspecified atom stereocenters. The standard InChI is InChI=1S/C9H13N7/c1-15-7-6(13-14-15)8(12-9(10)11-7)16-4-2-3-5-16/h2-5H2,1H3,(H2,10,11,12). The van der Waals surface area contributed by atoms with Crippen molar-refractivity contribution >= 4 is 22.9 Å². The SMILES string of the molecule is Cn1nnc2c(N3CCCC3)nc(N)nc21. The molecule has 3 rings (SSSR count). The minimum absolute atomic E-state index is 0.278. The van der Waals surface area contributed by atoms with Crippen LogP contribution in [0.5, 0.6) is 0 Å². The van der Waals surface area contributed by atoms with Crippen molar-refractivity contribution in [1.29, 1.82) is 0 Å². The van der Waals surface area contributed by atoms with Crippen LogP contribution >= 0.6 is 0 Å². The van der Waals surface area contributed by atoms with E-state index in [0.29, 0.717) is 5.65 Å². The van der Waals surface area contributed by atoms with Crippen LogP contribution in [-0.2, 0) is 7.05 Å². The molecule has 7 heteroatoms. The summed E-state index contributed by atoms with van der Waals surface area (Å²) in [5.41, 5.74) is 7.13. The van der Waals surface area contributed by atoms with E-state index in [1.54, 1.807) is 11.7 Å². The Morgan fingerprint density at radius 2 is 1.94 bits per heavy atom. The number of nitrogen functional groups attached to an aromatic ring is 1. The van der Waals surface area contributed by atoms with Crippen molar-refractivity contribution in [2.24, 2.45) is 7.05 Å². The van der Waals surface area contributed by atoms with Crippen LogP contribution in [0.2, 0.25) is 0 Å². The molecule has 1 saturated heterocycles. The van der Waals surface area contributed by atoms with Gasteiger partial charge in [0.25, 0.3) is 0 Å². The van der Waals surface area contributed by atoms with Crippen LogP contribution in [0.4, 0.5) is 11.8 Å². The van der Waals surface area contributed by atoms with Gasteiger partial charge in [-0.2, -0.15) is 9.97 Å². The predicted octanol–water partition coefficient (Wildman–Crippen LogP) is -0.0593. The van der Waals surface area contributed by atoms with Gasteiger partial charge in [-0.15, -0.1) is 5.10 Å². The summed E-state index contributed by atoms with van der Waals surface area (Å²) in [5.74, 6) is 1.09. The Balaban J connectivity index is 2.21. The lowest BCUT2D eigenvalue weighted by Gasteiger charge is -2.16. The number of aromatic nitrogens is 5.